The summed E-state index contributed by atoms with van der Waals surface area (Å²) in [5.41, 5.74) is 2.41. The average molecular weight is 387 g/mol. The van der Waals surface area contributed by atoms with Crippen LogP contribution in [0.15, 0.2) is 53.6 Å². The number of hydrogen-bond acceptors (Lipinski definition) is 6. The first-order valence-electron chi connectivity index (χ1n) is 8.02. The van der Waals surface area contributed by atoms with Crippen LogP contribution in [0.5, 0.6) is 0 Å². The third kappa shape index (κ3) is 3.99. The molecule has 0 aliphatic carbocycles. The highest BCUT2D eigenvalue weighted by atomic mass is 32.2. The molecule has 1 aliphatic rings. The number of sulfonamides is 1. The third-order valence-corrected chi connectivity index (χ3v) is 4.81. The zero-order chi connectivity index (χ0) is 19.6. The summed E-state index contributed by atoms with van der Waals surface area (Å²) in [7, 11) is -3.77. The Balaban J connectivity index is 1.86. The molecule has 0 spiro atoms. The molecule has 3 rings (SSSR count). The normalized spacial score (nSPS) is 14.6. The number of ether oxygens (including phenoxy) is 1. The lowest BCUT2D eigenvalue weighted by Crippen LogP contribution is -2.11. The number of benzene rings is 2. The van der Waals surface area contributed by atoms with Crippen LogP contribution in [0.25, 0.3) is 5.57 Å². The topological polar surface area (TPSA) is 128 Å². The number of nitrogens with two attached hydrogens (primary N) is 1. The second-order valence-corrected chi connectivity index (χ2v) is 7.27. The number of carbonyl (C=O) groups excluding carboxylic acids is 2. The van der Waals surface area contributed by atoms with Gasteiger partial charge in [-0.25, -0.2) is 18.4 Å². The Bertz CT molecular complexity index is 1040. The second kappa shape index (κ2) is 7.22. The Morgan fingerprint density at radius 1 is 1.22 bits per heavy atom. The highest BCUT2D eigenvalue weighted by Gasteiger charge is 2.25. The molecule has 140 valence electrons. The summed E-state index contributed by atoms with van der Waals surface area (Å²) < 4.78 is 27.5. The van der Waals surface area contributed by atoms with E-state index in [-0.39, 0.29) is 17.4 Å². The standard InChI is InChI=1S/C18H17N3O5S/c1-2-26-18(23)11-3-8-16-14(9-11)15(17(22)21-16)10-20-12-4-6-13(7-5-12)27(19,24)25/h3-10,20H,2H2,1H3,(H,21,22)(H2,19,24,25)/b15-10+. The van der Waals surface area contributed by atoms with E-state index in [1.54, 1.807) is 25.1 Å². The van der Waals surface area contributed by atoms with E-state index in [4.69, 9.17) is 9.88 Å². The Kier molecular flexibility index (Phi) is 4.98. The molecule has 0 unspecified atom stereocenters. The van der Waals surface area contributed by atoms with Gasteiger partial charge in [-0.2, -0.15) is 0 Å². The van der Waals surface area contributed by atoms with Gasteiger partial charge in [-0.3, -0.25) is 4.79 Å². The van der Waals surface area contributed by atoms with E-state index in [2.05, 4.69) is 10.6 Å². The molecule has 0 saturated heterocycles. The van der Waals surface area contributed by atoms with E-state index in [1.807, 2.05) is 0 Å². The van der Waals surface area contributed by atoms with Crippen LogP contribution in [0, 0.1) is 0 Å². The van der Waals surface area contributed by atoms with Gasteiger partial charge in [-0.15, -0.1) is 0 Å². The third-order valence-electron chi connectivity index (χ3n) is 3.88. The monoisotopic (exact) mass is 387 g/mol. The average Bonchev–Trinajstić information content (AvgIpc) is 2.94. The quantitative estimate of drug-likeness (QED) is 0.531. The summed E-state index contributed by atoms with van der Waals surface area (Å²) in [6.07, 6.45) is 1.49. The number of esters is 1. The van der Waals surface area contributed by atoms with E-state index in [1.165, 1.54) is 30.5 Å². The lowest BCUT2D eigenvalue weighted by molar-refractivity contribution is -0.110. The number of hydrogen-bond donors (Lipinski definition) is 3. The van der Waals surface area contributed by atoms with Crippen LogP contribution in [0.4, 0.5) is 11.4 Å². The fraction of sp³-hybridized carbons (Fsp3) is 0.111. The van der Waals surface area contributed by atoms with Gasteiger partial charge in [0.2, 0.25) is 10.0 Å². The lowest BCUT2D eigenvalue weighted by Gasteiger charge is -2.06. The fourth-order valence-corrected chi connectivity index (χ4v) is 3.08. The van der Waals surface area contributed by atoms with E-state index >= 15 is 0 Å². The summed E-state index contributed by atoms with van der Waals surface area (Å²) in [4.78, 5) is 24.1. The second-order valence-electron chi connectivity index (χ2n) is 5.71. The smallest absolute Gasteiger partial charge is 0.338 e. The lowest BCUT2D eigenvalue weighted by atomic mass is 10.0. The molecular weight excluding hydrogens is 370 g/mol. The number of fused-ring (bicyclic) bond motifs is 1. The number of anilines is 2. The van der Waals surface area contributed by atoms with Gasteiger partial charge in [0.25, 0.3) is 5.91 Å². The summed E-state index contributed by atoms with van der Waals surface area (Å²) >= 11 is 0. The van der Waals surface area contributed by atoms with Crippen molar-refractivity contribution in [1.29, 1.82) is 0 Å². The number of carbonyl (C=O) groups is 2. The Labute approximate surface area is 156 Å². The molecule has 0 aromatic heterocycles. The Morgan fingerprint density at radius 2 is 1.93 bits per heavy atom. The summed E-state index contributed by atoms with van der Waals surface area (Å²) in [6.45, 7) is 1.97. The van der Waals surface area contributed by atoms with Crippen molar-refractivity contribution in [3.05, 3.63) is 59.8 Å². The maximum Gasteiger partial charge on any atom is 0.338 e. The molecule has 2 aromatic rings. The van der Waals surface area contributed by atoms with Gasteiger partial charge in [0.1, 0.15) is 0 Å². The van der Waals surface area contributed by atoms with Crippen LogP contribution >= 0.6 is 0 Å². The van der Waals surface area contributed by atoms with Gasteiger partial charge in [-0.1, -0.05) is 0 Å². The minimum Gasteiger partial charge on any atom is -0.462 e. The maximum absolute atomic E-state index is 12.2. The molecule has 0 radical (unpaired) electrons. The molecule has 0 saturated carbocycles. The number of primary sulfonamides is 1. The highest BCUT2D eigenvalue weighted by Crippen LogP contribution is 2.32. The number of nitrogens with one attached hydrogen (secondary N) is 2. The van der Waals surface area contributed by atoms with Gasteiger partial charge in [0, 0.05) is 23.1 Å². The predicted octanol–water partition coefficient (Wildman–Crippen LogP) is 1.92. The minimum atomic E-state index is -3.77. The van der Waals surface area contributed by atoms with E-state index in [0.717, 1.165) is 0 Å². The van der Waals surface area contributed by atoms with E-state index in [0.29, 0.717) is 28.1 Å². The van der Waals surface area contributed by atoms with Gasteiger partial charge in [-0.05, 0) is 49.4 Å². The summed E-state index contributed by atoms with van der Waals surface area (Å²) in [5.74, 6) is -0.787. The molecule has 1 heterocycles. The van der Waals surface area contributed by atoms with E-state index in [9.17, 15) is 18.0 Å². The van der Waals surface area contributed by atoms with Gasteiger partial charge < -0.3 is 15.4 Å². The highest BCUT2D eigenvalue weighted by molar-refractivity contribution is 7.89. The molecule has 8 nitrogen and oxygen atoms in total. The summed E-state index contributed by atoms with van der Waals surface area (Å²) in [6, 6.07) is 10.6. The van der Waals surface area contributed by atoms with Crippen molar-refractivity contribution in [2.75, 3.05) is 17.2 Å². The number of rotatable bonds is 5. The van der Waals surface area contributed by atoms with Gasteiger partial charge in [0.05, 0.1) is 22.6 Å². The van der Waals surface area contributed by atoms with Crippen LogP contribution in [-0.2, 0) is 19.6 Å². The molecule has 1 aliphatic heterocycles. The SMILES string of the molecule is CCOC(=O)c1ccc2c(c1)/C(=C\Nc1ccc(S(N)(=O)=O)cc1)C(=O)N2. The minimum absolute atomic E-state index is 0.0104. The predicted molar refractivity (Wildman–Crippen MR) is 100 cm³/mol. The van der Waals surface area contributed by atoms with Crippen molar-refractivity contribution in [2.45, 2.75) is 11.8 Å². The molecule has 9 heteroatoms. The maximum atomic E-state index is 12.2. The first-order chi connectivity index (χ1) is 12.8. The van der Waals surface area contributed by atoms with Crippen LogP contribution < -0.4 is 15.8 Å². The molecule has 27 heavy (non-hydrogen) atoms. The van der Waals surface area contributed by atoms with Crippen LogP contribution in [0.1, 0.15) is 22.8 Å². The summed E-state index contributed by atoms with van der Waals surface area (Å²) in [5, 5.41) is 10.7. The molecule has 0 bridgehead atoms. The van der Waals surface area contributed by atoms with Crippen LogP contribution in [0.2, 0.25) is 0 Å². The van der Waals surface area contributed by atoms with Crippen molar-refractivity contribution >= 4 is 38.8 Å². The van der Waals surface area contributed by atoms with Gasteiger partial charge in [0.15, 0.2) is 0 Å². The number of amides is 1. The van der Waals surface area contributed by atoms with Crippen molar-refractivity contribution in [3.8, 4) is 0 Å². The van der Waals surface area contributed by atoms with Crippen molar-refractivity contribution in [3.63, 3.8) is 0 Å². The molecule has 2 aromatic carbocycles. The van der Waals surface area contributed by atoms with E-state index < -0.39 is 16.0 Å². The molecule has 4 N–H and O–H groups in total. The zero-order valence-corrected chi connectivity index (χ0v) is 15.2. The van der Waals surface area contributed by atoms with Crippen molar-refractivity contribution < 1.29 is 22.7 Å². The Hall–Kier alpha value is -3.17. The first kappa shape index (κ1) is 18.6. The fourth-order valence-electron chi connectivity index (χ4n) is 2.57. The molecule has 1 amide bonds. The molecule has 0 atom stereocenters. The van der Waals surface area contributed by atoms with Crippen molar-refractivity contribution in [2.24, 2.45) is 5.14 Å². The van der Waals surface area contributed by atoms with Crippen molar-refractivity contribution in [1.82, 2.24) is 0 Å². The largest absolute Gasteiger partial charge is 0.462 e. The molecule has 0 fully saturated rings. The molecular formula is C18H17N3O5S. The Morgan fingerprint density at radius 3 is 2.56 bits per heavy atom. The first-order valence-corrected chi connectivity index (χ1v) is 9.56. The zero-order valence-electron chi connectivity index (χ0n) is 14.4. The van der Waals surface area contributed by atoms with Crippen LogP contribution in [-0.4, -0.2) is 26.9 Å². The van der Waals surface area contributed by atoms with Gasteiger partial charge >= 0.3 is 5.97 Å². The van der Waals surface area contributed by atoms with Crippen LogP contribution in [0.3, 0.4) is 0 Å².